The third-order valence-electron chi connectivity index (χ3n) is 2.93. The maximum absolute atomic E-state index is 12.6. The molecule has 0 unspecified atom stereocenters. The normalized spacial score (nSPS) is 10.5. The number of nitrogens with zero attached hydrogens (tertiary/aromatic N) is 3. The van der Waals surface area contributed by atoms with Crippen molar-refractivity contribution < 1.29 is 4.79 Å². The number of rotatable bonds is 4. The molecule has 100 valence electrons. The molecule has 0 fully saturated rings. The van der Waals surface area contributed by atoms with Crippen molar-refractivity contribution in [2.24, 2.45) is 0 Å². The predicted octanol–water partition coefficient (Wildman–Crippen LogP) is 2.96. The second-order valence-corrected chi connectivity index (χ2v) is 5.29. The number of aryl methyl sites for hydroxylation is 1. The van der Waals surface area contributed by atoms with Gasteiger partial charge in [-0.05, 0) is 35.0 Å². The van der Waals surface area contributed by atoms with E-state index in [4.69, 9.17) is 0 Å². The average molecular weight is 322 g/mol. The first-order chi connectivity index (χ1) is 9.04. The van der Waals surface area contributed by atoms with E-state index in [1.807, 2.05) is 50.2 Å². The number of aromatic nitrogens is 2. The number of carbonyl (C=O) groups is 1. The zero-order valence-electron chi connectivity index (χ0n) is 11.2. The number of benzene rings is 1. The van der Waals surface area contributed by atoms with E-state index in [0.717, 1.165) is 10.2 Å². The van der Waals surface area contributed by atoms with Crippen molar-refractivity contribution in [3.63, 3.8) is 0 Å². The lowest BCUT2D eigenvalue weighted by Crippen LogP contribution is -2.13. The van der Waals surface area contributed by atoms with Gasteiger partial charge in [-0.1, -0.05) is 12.1 Å². The minimum atomic E-state index is -0.0186. The molecule has 0 saturated carbocycles. The van der Waals surface area contributed by atoms with Crippen LogP contribution in [0.4, 0.5) is 5.69 Å². The van der Waals surface area contributed by atoms with Crippen molar-refractivity contribution in [3.05, 3.63) is 46.2 Å². The first-order valence-corrected chi connectivity index (χ1v) is 6.87. The first kappa shape index (κ1) is 13.8. The Balaban J connectivity index is 2.44. The lowest BCUT2D eigenvalue weighted by molar-refractivity contribution is 0.102. The summed E-state index contributed by atoms with van der Waals surface area (Å²) in [5.74, 6) is -0.0186. The SMILES string of the molecule is CCn1ncc(Br)c1C(=O)c1cccc(N(C)C)c1. The fourth-order valence-corrected chi connectivity index (χ4v) is 2.37. The summed E-state index contributed by atoms with van der Waals surface area (Å²) in [7, 11) is 3.91. The molecule has 19 heavy (non-hydrogen) atoms. The Hall–Kier alpha value is -1.62. The highest BCUT2D eigenvalue weighted by Crippen LogP contribution is 2.22. The Morgan fingerprint density at radius 3 is 2.79 bits per heavy atom. The monoisotopic (exact) mass is 321 g/mol. The van der Waals surface area contributed by atoms with Gasteiger partial charge in [0, 0.05) is 31.9 Å². The number of anilines is 1. The summed E-state index contributed by atoms with van der Waals surface area (Å²) in [4.78, 5) is 14.5. The zero-order chi connectivity index (χ0) is 14.0. The van der Waals surface area contributed by atoms with Gasteiger partial charge < -0.3 is 4.90 Å². The summed E-state index contributed by atoms with van der Waals surface area (Å²) in [5, 5.41) is 4.18. The molecule has 2 aromatic rings. The molecule has 0 radical (unpaired) electrons. The Bertz CT molecular complexity index is 604. The highest BCUT2D eigenvalue weighted by atomic mass is 79.9. The van der Waals surface area contributed by atoms with E-state index < -0.39 is 0 Å². The minimum Gasteiger partial charge on any atom is -0.378 e. The molecule has 4 nitrogen and oxygen atoms in total. The molecule has 5 heteroatoms. The summed E-state index contributed by atoms with van der Waals surface area (Å²) >= 11 is 3.39. The van der Waals surface area contributed by atoms with Crippen LogP contribution in [0.15, 0.2) is 34.9 Å². The van der Waals surface area contributed by atoms with E-state index in [-0.39, 0.29) is 5.78 Å². The van der Waals surface area contributed by atoms with Gasteiger partial charge in [-0.25, -0.2) is 0 Å². The fraction of sp³-hybridized carbons (Fsp3) is 0.286. The molecule has 0 aliphatic heterocycles. The van der Waals surface area contributed by atoms with Gasteiger partial charge in [0.1, 0.15) is 5.69 Å². The van der Waals surface area contributed by atoms with E-state index in [2.05, 4.69) is 21.0 Å². The van der Waals surface area contributed by atoms with Crippen LogP contribution in [0.25, 0.3) is 0 Å². The quantitative estimate of drug-likeness (QED) is 0.812. The van der Waals surface area contributed by atoms with Crippen molar-refractivity contribution in [2.45, 2.75) is 13.5 Å². The Morgan fingerprint density at radius 1 is 1.42 bits per heavy atom. The maximum atomic E-state index is 12.6. The molecule has 0 atom stereocenters. The molecular weight excluding hydrogens is 306 g/mol. The maximum Gasteiger partial charge on any atom is 0.212 e. The van der Waals surface area contributed by atoms with Crippen molar-refractivity contribution in [1.29, 1.82) is 0 Å². The van der Waals surface area contributed by atoms with E-state index in [1.165, 1.54) is 0 Å². The topological polar surface area (TPSA) is 38.1 Å². The van der Waals surface area contributed by atoms with E-state index in [9.17, 15) is 4.79 Å². The number of ketones is 1. The third-order valence-corrected chi connectivity index (χ3v) is 3.51. The van der Waals surface area contributed by atoms with Gasteiger partial charge in [0.2, 0.25) is 5.78 Å². The standard InChI is InChI=1S/C14H16BrN3O/c1-4-18-13(12(15)9-16-18)14(19)10-6-5-7-11(8-10)17(2)3/h5-9H,4H2,1-3H3. The Labute approximate surface area is 121 Å². The largest absolute Gasteiger partial charge is 0.378 e. The number of halogens is 1. The molecule has 2 rings (SSSR count). The number of hydrogen-bond acceptors (Lipinski definition) is 3. The van der Waals surface area contributed by atoms with Crippen LogP contribution in [0.5, 0.6) is 0 Å². The van der Waals surface area contributed by atoms with Gasteiger partial charge in [0.25, 0.3) is 0 Å². The van der Waals surface area contributed by atoms with Crippen LogP contribution >= 0.6 is 15.9 Å². The van der Waals surface area contributed by atoms with Crippen molar-refractivity contribution in [2.75, 3.05) is 19.0 Å². The van der Waals surface area contributed by atoms with Crippen molar-refractivity contribution >= 4 is 27.4 Å². The van der Waals surface area contributed by atoms with Crippen LogP contribution in [0.1, 0.15) is 23.0 Å². The molecule has 1 aromatic carbocycles. The van der Waals surface area contributed by atoms with Crippen LogP contribution in [-0.2, 0) is 6.54 Å². The Kier molecular flexibility index (Phi) is 4.04. The second kappa shape index (κ2) is 5.57. The third kappa shape index (κ3) is 2.71. The lowest BCUT2D eigenvalue weighted by Gasteiger charge is -2.13. The molecular formula is C14H16BrN3O. The first-order valence-electron chi connectivity index (χ1n) is 6.08. The van der Waals surface area contributed by atoms with E-state index in [1.54, 1.807) is 10.9 Å². The molecule has 0 aliphatic carbocycles. The van der Waals surface area contributed by atoms with Crippen LogP contribution < -0.4 is 4.90 Å². The average Bonchev–Trinajstić information content (AvgIpc) is 2.79. The highest BCUT2D eigenvalue weighted by molar-refractivity contribution is 9.10. The molecule has 0 N–H and O–H groups in total. The molecule has 0 amide bonds. The molecule has 1 heterocycles. The molecule has 0 aliphatic rings. The molecule has 0 saturated heterocycles. The van der Waals surface area contributed by atoms with Crippen LogP contribution in [0, 0.1) is 0 Å². The van der Waals surface area contributed by atoms with Crippen molar-refractivity contribution in [3.8, 4) is 0 Å². The second-order valence-electron chi connectivity index (χ2n) is 4.43. The highest BCUT2D eigenvalue weighted by Gasteiger charge is 2.18. The van der Waals surface area contributed by atoms with Crippen LogP contribution in [0.3, 0.4) is 0 Å². The summed E-state index contributed by atoms with van der Waals surface area (Å²) in [5.41, 5.74) is 2.27. The summed E-state index contributed by atoms with van der Waals surface area (Å²) in [6.07, 6.45) is 1.66. The van der Waals surface area contributed by atoms with Gasteiger partial charge in [-0.2, -0.15) is 5.10 Å². The zero-order valence-corrected chi connectivity index (χ0v) is 12.8. The summed E-state index contributed by atoms with van der Waals surface area (Å²) < 4.78 is 2.43. The smallest absolute Gasteiger partial charge is 0.212 e. The van der Waals surface area contributed by atoms with Gasteiger partial charge >= 0.3 is 0 Å². The van der Waals surface area contributed by atoms with Gasteiger partial charge in [-0.15, -0.1) is 0 Å². The van der Waals surface area contributed by atoms with Crippen molar-refractivity contribution in [1.82, 2.24) is 9.78 Å². The summed E-state index contributed by atoms with van der Waals surface area (Å²) in [6, 6.07) is 7.59. The summed E-state index contributed by atoms with van der Waals surface area (Å²) in [6.45, 7) is 2.63. The van der Waals surface area contributed by atoms with Gasteiger partial charge in [0.05, 0.1) is 10.7 Å². The van der Waals surface area contributed by atoms with Gasteiger partial charge in [0.15, 0.2) is 0 Å². The number of carbonyl (C=O) groups excluding carboxylic acids is 1. The van der Waals surface area contributed by atoms with Crippen LogP contribution in [-0.4, -0.2) is 29.7 Å². The lowest BCUT2D eigenvalue weighted by atomic mass is 10.1. The van der Waals surface area contributed by atoms with Gasteiger partial charge in [-0.3, -0.25) is 9.48 Å². The molecule has 0 bridgehead atoms. The molecule has 1 aromatic heterocycles. The molecule has 0 spiro atoms. The van der Waals surface area contributed by atoms with E-state index >= 15 is 0 Å². The van der Waals surface area contributed by atoms with Crippen LogP contribution in [0.2, 0.25) is 0 Å². The number of hydrogen-bond donors (Lipinski definition) is 0. The Morgan fingerprint density at radius 2 is 2.16 bits per heavy atom. The fourth-order valence-electron chi connectivity index (χ4n) is 1.89. The minimum absolute atomic E-state index is 0.0186. The predicted molar refractivity (Wildman–Crippen MR) is 79.8 cm³/mol. The van der Waals surface area contributed by atoms with E-state index in [0.29, 0.717) is 17.8 Å².